The number of anilines is 2. The molecule has 0 saturated heterocycles. The van der Waals surface area contributed by atoms with Gasteiger partial charge in [0.15, 0.2) is 5.65 Å². The summed E-state index contributed by atoms with van der Waals surface area (Å²) < 4.78 is 0. The van der Waals surface area contributed by atoms with Crippen molar-refractivity contribution in [3.63, 3.8) is 0 Å². The summed E-state index contributed by atoms with van der Waals surface area (Å²) in [5.74, 6) is 1.29. The quantitative estimate of drug-likeness (QED) is 0.670. The summed E-state index contributed by atoms with van der Waals surface area (Å²) >= 11 is 0. The van der Waals surface area contributed by atoms with Crippen LogP contribution in [-0.2, 0) is 0 Å². The highest BCUT2D eigenvalue weighted by Gasteiger charge is 2.12. The average molecular weight is 269 g/mol. The van der Waals surface area contributed by atoms with Gasteiger partial charge in [-0.3, -0.25) is 10.1 Å². The first kappa shape index (κ1) is 12.3. The van der Waals surface area contributed by atoms with Crippen LogP contribution in [0.5, 0.6) is 0 Å². The van der Waals surface area contributed by atoms with Crippen LogP contribution in [0.1, 0.15) is 18.5 Å². The Morgan fingerprint density at radius 3 is 2.75 bits per heavy atom. The number of H-pyrrole nitrogens is 1. The van der Waals surface area contributed by atoms with Gasteiger partial charge in [-0.05, 0) is 24.6 Å². The van der Waals surface area contributed by atoms with Gasteiger partial charge in [0.1, 0.15) is 5.82 Å². The highest BCUT2D eigenvalue weighted by molar-refractivity contribution is 5.87. The van der Waals surface area contributed by atoms with Crippen molar-refractivity contribution in [2.24, 2.45) is 0 Å². The number of hydrogen-bond acceptors (Lipinski definition) is 6. The molecule has 102 valence electrons. The summed E-state index contributed by atoms with van der Waals surface area (Å²) in [6, 6.07) is 4.06. The number of aromatic nitrogens is 5. The summed E-state index contributed by atoms with van der Waals surface area (Å²) in [5.41, 5.74) is 1.84. The number of nitrogens with one attached hydrogen (secondary N) is 3. The third-order valence-corrected chi connectivity index (χ3v) is 3.09. The largest absolute Gasteiger partial charge is 0.363 e. The summed E-state index contributed by atoms with van der Waals surface area (Å²) in [6.45, 7) is 2.07. The summed E-state index contributed by atoms with van der Waals surface area (Å²) in [6.07, 6.45) is 5.27. The van der Waals surface area contributed by atoms with Crippen LogP contribution in [0.25, 0.3) is 11.0 Å². The fourth-order valence-corrected chi connectivity index (χ4v) is 2.00. The maximum atomic E-state index is 4.45. The van der Waals surface area contributed by atoms with E-state index >= 15 is 0 Å². The second-order valence-corrected chi connectivity index (χ2v) is 4.42. The van der Waals surface area contributed by atoms with Gasteiger partial charge in [0, 0.05) is 19.4 Å². The molecule has 0 amide bonds. The molecule has 0 aliphatic heterocycles. The van der Waals surface area contributed by atoms with Crippen LogP contribution in [0.3, 0.4) is 0 Å². The molecule has 0 radical (unpaired) electrons. The highest BCUT2D eigenvalue weighted by Crippen LogP contribution is 2.24. The van der Waals surface area contributed by atoms with Crippen LogP contribution in [-0.4, -0.2) is 32.2 Å². The maximum absolute atomic E-state index is 4.45. The zero-order valence-corrected chi connectivity index (χ0v) is 11.3. The van der Waals surface area contributed by atoms with Crippen LogP contribution < -0.4 is 10.6 Å². The molecule has 1 unspecified atom stereocenters. The smallest absolute Gasteiger partial charge is 0.226 e. The number of hydrogen-bond donors (Lipinski definition) is 3. The van der Waals surface area contributed by atoms with Gasteiger partial charge in [-0.2, -0.15) is 15.1 Å². The SMILES string of the molecule is CNc1nc(NC(C)c2ccncc2)c2cn[nH]c2n1. The highest BCUT2D eigenvalue weighted by atomic mass is 15.2. The Labute approximate surface area is 115 Å². The van der Waals surface area contributed by atoms with E-state index in [0.29, 0.717) is 11.6 Å². The van der Waals surface area contributed by atoms with Crippen molar-refractivity contribution in [1.29, 1.82) is 0 Å². The molecule has 3 rings (SSSR count). The van der Waals surface area contributed by atoms with Gasteiger partial charge in [-0.15, -0.1) is 0 Å². The fraction of sp³-hybridized carbons (Fsp3) is 0.231. The first-order chi connectivity index (χ1) is 9.78. The molecule has 0 aliphatic carbocycles. The second kappa shape index (κ2) is 5.12. The van der Waals surface area contributed by atoms with E-state index in [9.17, 15) is 0 Å². The van der Waals surface area contributed by atoms with Crippen LogP contribution >= 0.6 is 0 Å². The molecule has 1 atom stereocenters. The topological polar surface area (TPSA) is 91.4 Å². The molecule has 0 bridgehead atoms. The lowest BCUT2D eigenvalue weighted by atomic mass is 10.1. The molecule has 3 aromatic heterocycles. The molecule has 3 aromatic rings. The predicted molar refractivity (Wildman–Crippen MR) is 77.5 cm³/mol. The van der Waals surface area contributed by atoms with Crippen molar-refractivity contribution in [1.82, 2.24) is 25.1 Å². The van der Waals surface area contributed by atoms with Gasteiger partial charge in [-0.25, -0.2) is 0 Å². The Hall–Kier alpha value is -2.70. The molecular formula is C13H15N7. The molecule has 0 aromatic carbocycles. The van der Waals surface area contributed by atoms with Gasteiger partial charge in [0.05, 0.1) is 17.6 Å². The summed E-state index contributed by atoms with van der Waals surface area (Å²) in [7, 11) is 1.79. The molecule has 3 N–H and O–H groups in total. The monoisotopic (exact) mass is 269 g/mol. The van der Waals surface area contributed by atoms with Crippen LogP contribution in [0.2, 0.25) is 0 Å². The zero-order valence-electron chi connectivity index (χ0n) is 11.3. The van der Waals surface area contributed by atoms with E-state index in [1.54, 1.807) is 25.6 Å². The van der Waals surface area contributed by atoms with Crippen molar-refractivity contribution >= 4 is 22.8 Å². The van der Waals surface area contributed by atoms with Crippen molar-refractivity contribution < 1.29 is 0 Å². The minimum Gasteiger partial charge on any atom is -0.363 e. The molecule has 0 aliphatic rings. The van der Waals surface area contributed by atoms with Gasteiger partial charge >= 0.3 is 0 Å². The minimum absolute atomic E-state index is 0.107. The molecule has 20 heavy (non-hydrogen) atoms. The minimum atomic E-state index is 0.107. The lowest BCUT2D eigenvalue weighted by molar-refractivity contribution is 0.872. The number of aromatic amines is 1. The predicted octanol–water partition coefficient (Wildman–Crippen LogP) is 1.96. The number of nitrogens with zero attached hydrogens (tertiary/aromatic N) is 4. The second-order valence-electron chi connectivity index (χ2n) is 4.42. The van der Waals surface area contributed by atoms with E-state index in [-0.39, 0.29) is 6.04 Å². The van der Waals surface area contributed by atoms with Crippen molar-refractivity contribution in [2.75, 3.05) is 17.7 Å². The van der Waals surface area contributed by atoms with Gasteiger partial charge in [0.25, 0.3) is 0 Å². The third-order valence-electron chi connectivity index (χ3n) is 3.09. The molecular weight excluding hydrogens is 254 g/mol. The van der Waals surface area contributed by atoms with Crippen LogP contribution in [0.4, 0.5) is 11.8 Å². The van der Waals surface area contributed by atoms with Crippen molar-refractivity contribution in [2.45, 2.75) is 13.0 Å². The van der Waals surface area contributed by atoms with Crippen LogP contribution in [0, 0.1) is 0 Å². The lowest BCUT2D eigenvalue weighted by Gasteiger charge is -2.15. The fourth-order valence-electron chi connectivity index (χ4n) is 2.00. The number of pyridine rings is 1. The van der Waals surface area contributed by atoms with E-state index < -0.39 is 0 Å². The average Bonchev–Trinajstić information content (AvgIpc) is 2.96. The van der Waals surface area contributed by atoms with E-state index in [2.05, 4.69) is 42.7 Å². The molecule has 7 heteroatoms. The van der Waals surface area contributed by atoms with Crippen LogP contribution in [0.15, 0.2) is 30.7 Å². The van der Waals surface area contributed by atoms with Crippen molar-refractivity contribution in [3.05, 3.63) is 36.3 Å². The Kier molecular flexibility index (Phi) is 3.16. The Morgan fingerprint density at radius 1 is 1.20 bits per heavy atom. The molecule has 0 fully saturated rings. The summed E-state index contributed by atoms with van der Waals surface area (Å²) in [5, 5.41) is 14.1. The standard InChI is InChI=1S/C13H15N7/c1-8(9-3-5-15-6-4-9)17-11-10-7-16-20-12(10)19-13(14-2)18-11/h3-8H,1-2H3,(H3,14,16,17,18,19,20). The summed E-state index contributed by atoms with van der Waals surface area (Å²) in [4.78, 5) is 12.8. The van der Waals surface area contributed by atoms with Gasteiger partial charge < -0.3 is 10.6 Å². The molecule has 0 spiro atoms. The molecule has 0 saturated carbocycles. The normalized spacial score (nSPS) is 12.3. The van der Waals surface area contributed by atoms with Gasteiger partial charge in [-0.1, -0.05) is 0 Å². The Morgan fingerprint density at radius 2 is 2.00 bits per heavy atom. The maximum Gasteiger partial charge on any atom is 0.226 e. The van der Waals surface area contributed by atoms with Gasteiger partial charge in [0.2, 0.25) is 5.95 Å². The number of fused-ring (bicyclic) bond motifs is 1. The number of rotatable bonds is 4. The molecule has 3 heterocycles. The first-order valence-corrected chi connectivity index (χ1v) is 6.33. The van der Waals surface area contributed by atoms with Crippen molar-refractivity contribution in [3.8, 4) is 0 Å². The lowest BCUT2D eigenvalue weighted by Crippen LogP contribution is -2.09. The third kappa shape index (κ3) is 2.25. The first-order valence-electron chi connectivity index (χ1n) is 6.33. The zero-order chi connectivity index (χ0) is 13.9. The van der Waals surface area contributed by atoms with E-state index in [4.69, 9.17) is 0 Å². The molecule has 7 nitrogen and oxygen atoms in total. The van der Waals surface area contributed by atoms with E-state index in [1.807, 2.05) is 12.1 Å². The Bertz CT molecular complexity index is 707. The van der Waals surface area contributed by atoms with E-state index in [0.717, 1.165) is 16.8 Å². The Balaban J connectivity index is 1.95. The van der Waals surface area contributed by atoms with E-state index in [1.165, 1.54) is 0 Å².